The molecule has 0 bridgehead atoms. The van der Waals surface area contributed by atoms with Gasteiger partial charge in [-0.15, -0.1) is 0 Å². The van der Waals surface area contributed by atoms with Crippen LogP contribution in [-0.4, -0.2) is 15.0 Å². The first kappa shape index (κ1) is 15.1. The summed E-state index contributed by atoms with van der Waals surface area (Å²) in [5.41, 5.74) is 6.77. The highest BCUT2D eigenvalue weighted by molar-refractivity contribution is 7.89. The molecule has 2 unspecified atom stereocenters. The van der Waals surface area contributed by atoms with Crippen LogP contribution in [0, 0.1) is 11.8 Å². The minimum Gasteiger partial charge on any atom is -0.398 e. The summed E-state index contributed by atoms with van der Waals surface area (Å²) in [6.45, 7) is 3.19. The Balaban J connectivity index is 2.02. The van der Waals surface area contributed by atoms with Gasteiger partial charge in [0.2, 0.25) is 10.0 Å². The first-order valence-electron chi connectivity index (χ1n) is 7.04. The van der Waals surface area contributed by atoms with Gasteiger partial charge < -0.3 is 11.1 Å². The van der Waals surface area contributed by atoms with Gasteiger partial charge in [0.15, 0.2) is 0 Å². The molecule has 2 rings (SSSR count). The van der Waals surface area contributed by atoms with Crippen molar-refractivity contribution in [1.29, 1.82) is 0 Å². The topological polar surface area (TPSA) is 98.2 Å². The van der Waals surface area contributed by atoms with E-state index in [0.29, 0.717) is 5.92 Å². The molecule has 0 aromatic heterocycles. The van der Waals surface area contributed by atoms with Gasteiger partial charge in [-0.1, -0.05) is 26.2 Å². The Kier molecular flexibility index (Phi) is 4.55. The standard InChI is InChI=1S/C14H23N3O2S/c1-10-4-2-3-5-11(10)9-17-12-6-7-14(13(15)8-12)20(16,18)19/h6-8,10-11,17H,2-5,9,15H2,1H3,(H2,16,18,19). The summed E-state index contributed by atoms with van der Waals surface area (Å²) >= 11 is 0. The van der Waals surface area contributed by atoms with Crippen LogP contribution < -0.4 is 16.2 Å². The lowest BCUT2D eigenvalue weighted by atomic mass is 9.80. The van der Waals surface area contributed by atoms with E-state index in [9.17, 15) is 8.42 Å². The average Bonchev–Trinajstić information content (AvgIpc) is 2.36. The molecular formula is C14H23N3O2S. The van der Waals surface area contributed by atoms with Crippen molar-refractivity contribution in [1.82, 2.24) is 0 Å². The quantitative estimate of drug-likeness (QED) is 0.742. The van der Waals surface area contributed by atoms with Crippen LogP contribution in [0.5, 0.6) is 0 Å². The number of nitrogens with two attached hydrogens (primary N) is 2. The second kappa shape index (κ2) is 6.01. The van der Waals surface area contributed by atoms with Crippen LogP contribution in [0.25, 0.3) is 0 Å². The van der Waals surface area contributed by atoms with E-state index in [1.165, 1.54) is 31.7 Å². The Bertz CT molecular complexity index is 572. The van der Waals surface area contributed by atoms with Crippen LogP contribution in [0.15, 0.2) is 23.1 Å². The van der Waals surface area contributed by atoms with Gasteiger partial charge in [0, 0.05) is 12.2 Å². The molecular weight excluding hydrogens is 274 g/mol. The van der Waals surface area contributed by atoms with Crippen molar-refractivity contribution in [3.05, 3.63) is 18.2 Å². The molecule has 0 heterocycles. The van der Waals surface area contributed by atoms with Crippen molar-refractivity contribution in [2.45, 2.75) is 37.5 Å². The van der Waals surface area contributed by atoms with Crippen LogP contribution in [-0.2, 0) is 10.0 Å². The minimum atomic E-state index is -3.75. The maximum atomic E-state index is 11.3. The van der Waals surface area contributed by atoms with E-state index in [1.54, 1.807) is 12.1 Å². The second-order valence-electron chi connectivity index (χ2n) is 5.70. The third-order valence-electron chi connectivity index (χ3n) is 4.17. The Labute approximate surface area is 120 Å². The molecule has 1 aliphatic rings. The van der Waals surface area contributed by atoms with Gasteiger partial charge in [-0.05, 0) is 36.5 Å². The Hall–Kier alpha value is -1.27. The largest absolute Gasteiger partial charge is 0.398 e. The molecule has 0 radical (unpaired) electrons. The summed E-state index contributed by atoms with van der Waals surface area (Å²) < 4.78 is 22.6. The van der Waals surface area contributed by atoms with E-state index in [1.807, 2.05) is 0 Å². The minimum absolute atomic E-state index is 0.0194. The van der Waals surface area contributed by atoms with Gasteiger partial charge in [0.25, 0.3) is 0 Å². The summed E-state index contributed by atoms with van der Waals surface area (Å²) in [4.78, 5) is -0.0194. The molecule has 2 atom stereocenters. The maximum absolute atomic E-state index is 11.3. The summed E-state index contributed by atoms with van der Waals surface area (Å²) in [6.07, 6.45) is 5.16. The van der Waals surface area contributed by atoms with Crippen molar-refractivity contribution in [3.63, 3.8) is 0 Å². The first-order chi connectivity index (χ1) is 9.38. The Morgan fingerprint density at radius 1 is 1.30 bits per heavy atom. The molecule has 6 heteroatoms. The number of nitrogen functional groups attached to an aromatic ring is 1. The van der Waals surface area contributed by atoms with E-state index in [-0.39, 0.29) is 10.6 Å². The van der Waals surface area contributed by atoms with Crippen LogP contribution in [0.4, 0.5) is 11.4 Å². The van der Waals surface area contributed by atoms with Crippen LogP contribution in [0.2, 0.25) is 0 Å². The molecule has 0 saturated heterocycles. The normalized spacial score (nSPS) is 23.5. The fourth-order valence-corrected chi connectivity index (χ4v) is 3.51. The van der Waals surface area contributed by atoms with Gasteiger partial charge in [-0.2, -0.15) is 0 Å². The predicted molar refractivity (Wildman–Crippen MR) is 81.8 cm³/mol. The zero-order valence-electron chi connectivity index (χ0n) is 11.8. The smallest absolute Gasteiger partial charge is 0.240 e. The fraction of sp³-hybridized carbons (Fsp3) is 0.571. The van der Waals surface area contributed by atoms with E-state index in [4.69, 9.17) is 10.9 Å². The fourth-order valence-electron chi connectivity index (χ4n) is 2.86. The van der Waals surface area contributed by atoms with Crippen LogP contribution in [0.3, 0.4) is 0 Å². The lowest BCUT2D eigenvalue weighted by Crippen LogP contribution is -2.24. The molecule has 1 saturated carbocycles. The molecule has 1 fully saturated rings. The highest BCUT2D eigenvalue weighted by Gasteiger charge is 2.21. The summed E-state index contributed by atoms with van der Waals surface area (Å²) in [5.74, 6) is 1.40. The zero-order chi connectivity index (χ0) is 14.8. The van der Waals surface area contributed by atoms with Gasteiger partial charge in [-0.3, -0.25) is 0 Å². The third kappa shape index (κ3) is 3.64. The highest BCUT2D eigenvalue weighted by atomic mass is 32.2. The zero-order valence-corrected chi connectivity index (χ0v) is 12.6. The number of sulfonamides is 1. The molecule has 1 aromatic rings. The lowest BCUT2D eigenvalue weighted by molar-refractivity contribution is 0.268. The van der Waals surface area contributed by atoms with Crippen molar-refractivity contribution < 1.29 is 8.42 Å². The number of rotatable bonds is 4. The average molecular weight is 297 g/mol. The van der Waals surface area contributed by atoms with Crippen molar-refractivity contribution in [2.75, 3.05) is 17.6 Å². The number of nitrogens with one attached hydrogen (secondary N) is 1. The van der Waals surface area contributed by atoms with E-state index in [0.717, 1.165) is 18.2 Å². The number of anilines is 2. The molecule has 0 aliphatic heterocycles. The summed E-state index contributed by atoms with van der Waals surface area (Å²) in [6, 6.07) is 4.80. The Morgan fingerprint density at radius 3 is 2.60 bits per heavy atom. The Morgan fingerprint density at radius 2 is 2.00 bits per heavy atom. The number of primary sulfonamides is 1. The van der Waals surface area contributed by atoms with E-state index < -0.39 is 10.0 Å². The molecule has 1 aromatic carbocycles. The number of hydrogen-bond donors (Lipinski definition) is 3. The molecule has 5 N–H and O–H groups in total. The molecule has 5 nitrogen and oxygen atoms in total. The second-order valence-corrected chi connectivity index (χ2v) is 7.23. The molecule has 112 valence electrons. The van der Waals surface area contributed by atoms with Gasteiger partial charge in [0.05, 0.1) is 5.69 Å². The molecule has 0 amide bonds. The van der Waals surface area contributed by atoms with Crippen molar-refractivity contribution in [3.8, 4) is 0 Å². The van der Waals surface area contributed by atoms with Crippen molar-refractivity contribution in [2.24, 2.45) is 17.0 Å². The lowest BCUT2D eigenvalue weighted by Gasteiger charge is -2.29. The number of hydrogen-bond acceptors (Lipinski definition) is 4. The molecule has 20 heavy (non-hydrogen) atoms. The third-order valence-corrected chi connectivity index (χ3v) is 5.16. The molecule has 1 aliphatic carbocycles. The van der Waals surface area contributed by atoms with Crippen molar-refractivity contribution >= 4 is 21.4 Å². The van der Waals surface area contributed by atoms with E-state index in [2.05, 4.69) is 12.2 Å². The van der Waals surface area contributed by atoms with Crippen LogP contribution in [0.1, 0.15) is 32.6 Å². The van der Waals surface area contributed by atoms with Gasteiger partial charge >= 0.3 is 0 Å². The van der Waals surface area contributed by atoms with E-state index >= 15 is 0 Å². The summed E-state index contributed by atoms with van der Waals surface area (Å²) in [5, 5.41) is 8.44. The number of benzene rings is 1. The van der Waals surface area contributed by atoms with Gasteiger partial charge in [-0.25, -0.2) is 13.6 Å². The SMILES string of the molecule is CC1CCCCC1CNc1ccc(S(N)(=O)=O)c(N)c1. The van der Waals surface area contributed by atoms with Crippen LogP contribution >= 0.6 is 0 Å². The summed E-state index contributed by atoms with van der Waals surface area (Å²) in [7, 11) is -3.75. The monoisotopic (exact) mass is 297 g/mol. The first-order valence-corrected chi connectivity index (χ1v) is 8.59. The molecule has 0 spiro atoms. The maximum Gasteiger partial charge on any atom is 0.240 e. The van der Waals surface area contributed by atoms with Gasteiger partial charge in [0.1, 0.15) is 4.90 Å². The predicted octanol–water partition coefficient (Wildman–Crippen LogP) is 2.15. The highest BCUT2D eigenvalue weighted by Crippen LogP contribution is 2.30.